The quantitative estimate of drug-likeness (QED) is 0.815. The molecule has 0 saturated heterocycles. The van der Waals surface area contributed by atoms with Crippen molar-refractivity contribution in [1.82, 2.24) is 4.90 Å². The summed E-state index contributed by atoms with van der Waals surface area (Å²) in [5.41, 5.74) is 3.58. The van der Waals surface area contributed by atoms with E-state index in [0.29, 0.717) is 6.54 Å². The number of ether oxygens (including phenoxy) is 2. The number of carbonyl (C=O) groups is 1. The molecule has 1 atom stereocenters. The highest BCUT2D eigenvalue weighted by Gasteiger charge is 2.25. The van der Waals surface area contributed by atoms with Gasteiger partial charge < -0.3 is 14.4 Å². The summed E-state index contributed by atoms with van der Waals surface area (Å²) in [6, 6.07) is 14.3. The second-order valence-corrected chi connectivity index (χ2v) is 5.70. The topological polar surface area (TPSA) is 38.8 Å². The van der Waals surface area contributed by atoms with E-state index >= 15 is 0 Å². The number of hydrogen-bond donors (Lipinski definition) is 0. The van der Waals surface area contributed by atoms with E-state index in [0.717, 1.165) is 36.3 Å². The summed E-state index contributed by atoms with van der Waals surface area (Å²) >= 11 is 0. The Morgan fingerprint density at radius 2 is 1.70 bits per heavy atom. The summed E-state index contributed by atoms with van der Waals surface area (Å²) in [7, 11) is 3.29. The van der Waals surface area contributed by atoms with Crippen LogP contribution >= 0.6 is 0 Å². The molecular weight excluding hydrogens is 290 g/mol. The highest BCUT2D eigenvalue weighted by Crippen LogP contribution is 2.36. The number of nitrogens with zero attached hydrogens (tertiary/aromatic N) is 1. The first-order valence-corrected chi connectivity index (χ1v) is 7.76. The predicted octanol–water partition coefficient (Wildman–Crippen LogP) is 3.00. The van der Waals surface area contributed by atoms with Crippen LogP contribution < -0.4 is 9.47 Å². The number of hydrogen-bond acceptors (Lipinski definition) is 3. The van der Waals surface area contributed by atoms with Crippen molar-refractivity contribution in [3.63, 3.8) is 0 Å². The van der Waals surface area contributed by atoms with Crippen LogP contribution in [0.15, 0.2) is 42.5 Å². The van der Waals surface area contributed by atoms with Gasteiger partial charge in [0.1, 0.15) is 0 Å². The molecule has 4 nitrogen and oxygen atoms in total. The molecule has 0 N–H and O–H groups in total. The largest absolute Gasteiger partial charge is 0.493 e. The van der Waals surface area contributed by atoms with Crippen molar-refractivity contribution in [2.75, 3.05) is 20.8 Å². The van der Waals surface area contributed by atoms with Crippen molar-refractivity contribution in [3.05, 3.63) is 59.2 Å². The Kier molecular flexibility index (Phi) is 4.51. The first-order chi connectivity index (χ1) is 11.3. The van der Waals surface area contributed by atoms with E-state index in [1.54, 1.807) is 14.2 Å². The molecule has 1 aliphatic heterocycles. The van der Waals surface area contributed by atoms with Crippen LogP contribution in [0.2, 0.25) is 0 Å². The highest BCUT2D eigenvalue weighted by atomic mass is 16.5. The van der Waals surface area contributed by atoms with Gasteiger partial charge in [-0.3, -0.25) is 4.79 Å². The molecule has 120 valence electrons. The van der Waals surface area contributed by atoms with Crippen LogP contribution in [0.25, 0.3) is 0 Å². The zero-order valence-electron chi connectivity index (χ0n) is 13.5. The Labute approximate surface area is 136 Å². The Bertz CT molecular complexity index is 685. The average molecular weight is 311 g/mol. The Balaban J connectivity index is 2.02. The fraction of sp³-hybridized carbons (Fsp3) is 0.316. The average Bonchev–Trinajstić information content (AvgIpc) is 2.79. The van der Waals surface area contributed by atoms with Gasteiger partial charge in [-0.05, 0) is 41.7 Å². The minimum absolute atomic E-state index is 0.0491. The van der Waals surface area contributed by atoms with Crippen LogP contribution in [0.5, 0.6) is 11.5 Å². The number of rotatable bonds is 4. The van der Waals surface area contributed by atoms with Crippen LogP contribution in [0, 0.1) is 0 Å². The molecule has 1 heterocycles. The van der Waals surface area contributed by atoms with E-state index < -0.39 is 0 Å². The monoisotopic (exact) mass is 311 g/mol. The standard InChI is InChI=1S/C19H21NO3/c1-22-18-11-15-8-9-20(13-21)17(14-6-4-3-5-7-14)10-16(15)12-19(18)23-2/h3-7,11-13,17H,8-10H2,1-2H3. The molecule has 0 fully saturated rings. The lowest BCUT2D eigenvalue weighted by Crippen LogP contribution is -2.28. The van der Waals surface area contributed by atoms with E-state index in [9.17, 15) is 4.79 Å². The molecular formula is C19H21NO3. The normalized spacial score (nSPS) is 17.1. The van der Waals surface area contributed by atoms with Crippen molar-refractivity contribution >= 4 is 6.41 Å². The summed E-state index contributed by atoms with van der Waals surface area (Å²) in [4.78, 5) is 13.5. The third kappa shape index (κ3) is 3.02. The van der Waals surface area contributed by atoms with Crippen LogP contribution in [-0.4, -0.2) is 32.1 Å². The van der Waals surface area contributed by atoms with Gasteiger partial charge in [-0.1, -0.05) is 30.3 Å². The first-order valence-electron chi connectivity index (χ1n) is 7.76. The van der Waals surface area contributed by atoms with Crippen LogP contribution in [0.3, 0.4) is 0 Å². The maximum atomic E-state index is 11.6. The minimum Gasteiger partial charge on any atom is -0.493 e. The van der Waals surface area contributed by atoms with Gasteiger partial charge >= 0.3 is 0 Å². The molecule has 1 unspecified atom stereocenters. The number of fused-ring (bicyclic) bond motifs is 1. The van der Waals surface area contributed by atoms with E-state index in [2.05, 4.69) is 12.1 Å². The first kappa shape index (κ1) is 15.4. The lowest BCUT2D eigenvalue weighted by molar-refractivity contribution is -0.120. The summed E-state index contributed by atoms with van der Waals surface area (Å²) in [5.74, 6) is 1.47. The second-order valence-electron chi connectivity index (χ2n) is 5.70. The Hall–Kier alpha value is -2.49. The van der Waals surface area contributed by atoms with Gasteiger partial charge in [0, 0.05) is 6.54 Å². The van der Waals surface area contributed by atoms with E-state index in [1.807, 2.05) is 35.2 Å². The van der Waals surface area contributed by atoms with Gasteiger partial charge in [-0.2, -0.15) is 0 Å². The molecule has 2 aromatic carbocycles. The SMILES string of the molecule is COc1cc2c(cc1OC)CC(c1ccccc1)N(C=O)CC2. The predicted molar refractivity (Wildman–Crippen MR) is 88.9 cm³/mol. The number of carbonyl (C=O) groups excluding carboxylic acids is 1. The van der Waals surface area contributed by atoms with Crippen molar-refractivity contribution in [1.29, 1.82) is 0 Å². The summed E-state index contributed by atoms with van der Waals surface area (Å²) < 4.78 is 10.8. The molecule has 1 amide bonds. The zero-order chi connectivity index (χ0) is 16.2. The molecule has 3 rings (SSSR count). The molecule has 0 aliphatic carbocycles. The fourth-order valence-electron chi connectivity index (χ4n) is 3.23. The molecule has 4 heteroatoms. The third-order valence-electron chi connectivity index (χ3n) is 4.48. The highest BCUT2D eigenvalue weighted by molar-refractivity contribution is 5.53. The van der Waals surface area contributed by atoms with Gasteiger partial charge in [0.05, 0.1) is 20.3 Å². The maximum Gasteiger partial charge on any atom is 0.210 e. The maximum absolute atomic E-state index is 11.6. The summed E-state index contributed by atoms with van der Waals surface area (Å²) in [5, 5.41) is 0. The molecule has 23 heavy (non-hydrogen) atoms. The van der Waals surface area contributed by atoms with Gasteiger partial charge in [0.15, 0.2) is 11.5 Å². The molecule has 0 aromatic heterocycles. The second kappa shape index (κ2) is 6.73. The van der Waals surface area contributed by atoms with Gasteiger partial charge in [-0.15, -0.1) is 0 Å². The molecule has 1 aliphatic rings. The zero-order valence-corrected chi connectivity index (χ0v) is 13.5. The van der Waals surface area contributed by atoms with Gasteiger partial charge in [-0.25, -0.2) is 0 Å². The molecule has 0 bridgehead atoms. The Morgan fingerprint density at radius 3 is 2.30 bits per heavy atom. The summed E-state index contributed by atoms with van der Waals surface area (Å²) in [6.07, 6.45) is 2.55. The van der Waals surface area contributed by atoms with Crippen LogP contribution in [0.4, 0.5) is 0 Å². The molecule has 0 radical (unpaired) electrons. The lowest BCUT2D eigenvalue weighted by Gasteiger charge is -2.26. The van der Waals surface area contributed by atoms with Crippen molar-refractivity contribution < 1.29 is 14.3 Å². The van der Waals surface area contributed by atoms with E-state index in [4.69, 9.17) is 9.47 Å². The number of benzene rings is 2. The van der Waals surface area contributed by atoms with Gasteiger partial charge in [0.2, 0.25) is 6.41 Å². The van der Waals surface area contributed by atoms with E-state index in [1.165, 1.54) is 11.1 Å². The smallest absolute Gasteiger partial charge is 0.210 e. The minimum atomic E-state index is 0.0491. The number of amides is 1. The van der Waals surface area contributed by atoms with Gasteiger partial charge in [0.25, 0.3) is 0 Å². The molecule has 0 saturated carbocycles. The Morgan fingerprint density at radius 1 is 1.04 bits per heavy atom. The summed E-state index contributed by atoms with van der Waals surface area (Å²) in [6.45, 7) is 0.700. The van der Waals surface area contributed by atoms with Crippen LogP contribution in [0.1, 0.15) is 22.7 Å². The lowest BCUT2D eigenvalue weighted by atomic mass is 9.95. The van der Waals surface area contributed by atoms with Crippen LogP contribution in [-0.2, 0) is 17.6 Å². The number of methoxy groups -OCH3 is 2. The molecule has 0 spiro atoms. The third-order valence-corrected chi connectivity index (χ3v) is 4.48. The van der Waals surface area contributed by atoms with Crippen molar-refractivity contribution in [2.45, 2.75) is 18.9 Å². The van der Waals surface area contributed by atoms with Crippen molar-refractivity contribution in [2.24, 2.45) is 0 Å². The van der Waals surface area contributed by atoms with Crippen molar-refractivity contribution in [3.8, 4) is 11.5 Å². The van der Waals surface area contributed by atoms with E-state index in [-0.39, 0.29) is 6.04 Å². The fourth-order valence-corrected chi connectivity index (χ4v) is 3.23. The molecule has 2 aromatic rings.